The lowest BCUT2D eigenvalue weighted by atomic mass is 10.2. The van der Waals surface area contributed by atoms with Crippen LogP contribution in [0.5, 0.6) is 0 Å². The highest BCUT2D eigenvalue weighted by molar-refractivity contribution is 6.31. The standard InChI is InChI=1S/C22H22ClN5O/c1-14(2)28-17-9-5-4-8-16(17)25-22(28)15(3)24-20(29)12-11-18-21(23)26-19-10-6-7-13-27(18)19/h4-15H,1-3H3,(H,24,29). The predicted molar refractivity (Wildman–Crippen MR) is 116 cm³/mol. The molecule has 4 aromatic rings. The molecule has 7 heteroatoms. The highest BCUT2D eigenvalue weighted by Crippen LogP contribution is 2.25. The Hall–Kier alpha value is -3.12. The number of benzene rings is 1. The van der Waals surface area contributed by atoms with E-state index in [0.717, 1.165) is 22.5 Å². The summed E-state index contributed by atoms with van der Waals surface area (Å²) >= 11 is 6.23. The van der Waals surface area contributed by atoms with Crippen molar-refractivity contribution in [3.63, 3.8) is 0 Å². The maximum atomic E-state index is 12.6. The Morgan fingerprint density at radius 3 is 2.66 bits per heavy atom. The maximum absolute atomic E-state index is 12.6. The molecule has 0 spiro atoms. The SMILES string of the molecule is CC(NC(=O)C=Cc1c(Cl)nc2ccccn12)c1nc2ccccc2n1C(C)C. The van der Waals surface area contributed by atoms with Gasteiger partial charge in [-0.3, -0.25) is 9.20 Å². The zero-order valence-electron chi connectivity index (χ0n) is 16.5. The molecule has 4 rings (SSSR count). The minimum atomic E-state index is -0.250. The first-order valence-corrected chi connectivity index (χ1v) is 9.91. The molecule has 1 aromatic carbocycles. The Kier molecular flexibility index (Phi) is 5.11. The molecule has 1 amide bonds. The molecule has 0 radical (unpaired) electrons. The Morgan fingerprint density at radius 2 is 1.86 bits per heavy atom. The van der Waals surface area contributed by atoms with Crippen LogP contribution in [-0.2, 0) is 4.79 Å². The van der Waals surface area contributed by atoms with Gasteiger partial charge in [0.2, 0.25) is 5.91 Å². The molecule has 1 N–H and O–H groups in total. The van der Waals surface area contributed by atoms with Crippen LogP contribution in [0.1, 0.15) is 44.4 Å². The van der Waals surface area contributed by atoms with Crippen molar-refractivity contribution in [2.45, 2.75) is 32.9 Å². The van der Waals surface area contributed by atoms with E-state index in [1.165, 1.54) is 6.08 Å². The first kappa shape index (κ1) is 19.2. The third-order valence-electron chi connectivity index (χ3n) is 4.80. The second-order valence-electron chi connectivity index (χ2n) is 7.20. The molecule has 0 saturated heterocycles. The second kappa shape index (κ2) is 7.72. The highest BCUT2D eigenvalue weighted by Gasteiger charge is 2.19. The average Bonchev–Trinajstić information content (AvgIpc) is 3.23. The fraction of sp³-hybridized carbons (Fsp3) is 0.227. The highest BCUT2D eigenvalue weighted by atomic mass is 35.5. The van der Waals surface area contributed by atoms with E-state index < -0.39 is 0 Å². The zero-order valence-corrected chi connectivity index (χ0v) is 17.3. The average molecular weight is 408 g/mol. The van der Waals surface area contributed by atoms with Gasteiger partial charge >= 0.3 is 0 Å². The fourth-order valence-electron chi connectivity index (χ4n) is 3.53. The number of carbonyl (C=O) groups is 1. The lowest BCUT2D eigenvalue weighted by Crippen LogP contribution is -2.27. The van der Waals surface area contributed by atoms with Crippen molar-refractivity contribution in [2.24, 2.45) is 0 Å². The van der Waals surface area contributed by atoms with E-state index in [1.54, 1.807) is 6.08 Å². The van der Waals surface area contributed by atoms with Gasteiger partial charge in [-0.1, -0.05) is 29.8 Å². The lowest BCUT2D eigenvalue weighted by molar-refractivity contribution is -0.117. The lowest BCUT2D eigenvalue weighted by Gasteiger charge is -2.18. The first-order valence-electron chi connectivity index (χ1n) is 9.53. The van der Waals surface area contributed by atoms with Crippen LogP contribution >= 0.6 is 11.6 Å². The van der Waals surface area contributed by atoms with Crippen molar-refractivity contribution < 1.29 is 4.79 Å². The molecule has 0 fully saturated rings. The van der Waals surface area contributed by atoms with Gasteiger partial charge < -0.3 is 9.88 Å². The molecular weight excluding hydrogens is 386 g/mol. The monoisotopic (exact) mass is 407 g/mol. The van der Waals surface area contributed by atoms with E-state index in [0.29, 0.717) is 10.8 Å². The van der Waals surface area contributed by atoms with Gasteiger partial charge in [-0.15, -0.1) is 0 Å². The minimum absolute atomic E-state index is 0.221. The Labute approximate surface area is 173 Å². The van der Waals surface area contributed by atoms with E-state index in [1.807, 2.05) is 60.0 Å². The Morgan fingerprint density at radius 1 is 1.10 bits per heavy atom. The number of carbonyl (C=O) groups excluding carboxylic acids is 1. The quantitative estimate of drug-likeness (QED) is 0.483. The number of aromatic nitrogens is 4. The summed E-state index contributed by atoms with van der Waals surface area (Å²) < 4.78 is 4.00. The van der Waals surface area contributed by atoms with Gasteiger partial charge in [-0.05, 0) is 51.1 Å². The van der Waals surface area contributed by atoms with E-state index in [-0.39, 0.29) is 18.0 Å². The normalized spacial score (nSPS) is 13.0. The number of para-hydroxylation sites is 2. The summed E-state index contributed by atoms with van der Waals surface area (Å²) in [6.07, 6.45) is 5.01. The largest absolute Gasteiger partial charge is 0.343 e. The number of amides is 1. The van der Waals surface area contributed by atoms with Gasteiger partial charge in [0.05, 0.1) is 22.8 Å². The van der Waals surface area contributed by atoms with Gasteiger partial charge in [0.15, 0.2) is 5.15 Å². The molecule has 3 heterocycles. The number of hydrogen-bond donors (Lipinski definition) is 1. The van der Waals surface area contributed by atoms with Crippen LogP contribution in [0, 0.1) is 0 Å². The molecule has 6 nitrogen and oxygen atoms in total. The summed E-state index contributed by atoms with van der Waals surface area (Å²) in [6, 6.07) is 13.6. The number of pyridine rings is 1. The van der Waals surface area contributed by atoms with Crippen molar-refractivity contribution in [3.8, 4) is 0 Å². The first-order chi connectivity index (χ1) is 14.0. The number of nitrogens with one attached hydrogen (secondary N) is 1. The third kappa shape index (κ3) is 3.63. The van der Waals surface area contributed by atoms with E-state index in [2.05, 4.69) is 28.7 Å². The molecule has 0 aliphatic heterocycles. The zero-order chi connectivity index (χ0) is 20.5. The number of rotatable bonds is 5. The van der Waals surface area contributed by atoms with Crippen LogP contribution in [0.2, 0.25) is 5.15 Å². The van der Waals surface area contributed by atoms with Crippen LogP contribution in [0.3, 0.4) is 0 Å². The van der Waals surface area contributed by atoms with Gasteiger partial charge in [-0.25, -0.2) is 9.97 Å². The van der Waals surface area contributed by atoms with Gasteiger partial charge in [0.25, 0.3) is 0 Å². The van der Waals surface area contributed by atoms with E-state index in [9.17, 15) is 4.79 Å². The smallest absolute Gasteiger partial charge is 0.244 e. The van der Waals surface area contributed by atoms with Crippen LogP contribution in [0.25, 0.3) is 22.8 Å². The summed E-state index contributed by atoms with van der Waals surface area (Å²) in [5, 5.41) is 3.36. The van der Waals surface area contributed by atoms with Crippen molar-refractivity contribution >= 4 is 40.3 Å². The second-order valence-corrected chi connectivity index (χ2v) is 7.56. The minimum Gasteiger partial charge on any atom is -0.343 e. The fourth-order valence-corrected chi connectivity index (χ4v) is 3.77. The summed E-state index contributed by atoms with van der Waals surface area (Å²) in [4.78, 5) is 21.6. The van der Waals surface area contributed by atoms with E-state index >= 15 is 0 Å². The van der Waals surface area contributed by atoms with E-state index in [4.69, 9.17) is 16.6 Å². The number of nitrogens with zero attached hydrogens (tertiary/aromatic N) is 4. The molecular formula is C22H22ClN5O. The summed E-state index contributed by atoms with van der Waals surface area (Å²) in [5.74, 6) is 0.609. The van der Waals surface area contributed by atoms with Gasteiger partial charge in [0.1, 0.15) is 11.5 Å². The molecule has 0 aliphatic rings. The van der Waals surface area contributed by atoms with Crippen molar-refractivity contribution in [2.75, 3.05) is 0 Å². The molecule has 0 aliphatic carbocycles. The summed E-state index contributed by atoms with van der Waals surface area (Å²) in [6.45, 7) is 6.16. The maximum Gasteiger partial charge on any atom is 0.244 e. The predicted octanol–water partition coefficient (Wildman–Crippen LogP) is 4.81. The number of fused-ring (bicyclic) bond motifs is 2. The number of halogens is 1. The van der Waals surface area contributed by atoms with Crippen LogP contribution in [-0.4, -0.2) is 24.8 Å². The van der Waals surface area contributed by atoms with Crippen LogP contribution in [0.15, 0.2) is 54.7 Å². The number of hydrogen-bond acceptors (Lipinski definition) is 3. The molecule has 0 saturated carbocycles. The molecule has 1 unspecified atom stereocenters. The van der Waals surface area contributed by atoms with Crippen molar-refractivity contribution in [1.82, 2.24) is 24.3 Å². The van der Waals surface area contributed by atoms with Crippen LogP contribution in [0.4, 0.5) is 0 Å². The Bertz CT molecular complexity index is 1220. The number of imidazole rings is 2. The van der Waals surface area contributed by atoms with Crippen LogP contribution < -0.4 is 5.32 Å². The molecule has 3 aromatic heterocycles. The van der Waals surface area contributed by atoms with Crippen molar-refractivity contribution in [3.05, 3.63) is 71.4 Å². The topological polar surface area (TPSA) is 64.2 Å². The molecule has 0 bridgehead atoms. The summed E-state index contributed by atoms with van der Waals surface area (Å²) in [5.41, 5.74) is 3.38. The van der Waals surface area contributed by atoms with Gasteiger partial charge in [0, 0.05) is 18.3 Å². The van der Waals surface area contributed by atoms with Crippen molar-refractivity contribution in [1.29, 1.82) is 0 Å². The molecule has 1 atom stereocenters. The Balaban J connectivity index is 1.57. The molecule has 148 valence electrons. The molecule has 29 heavy (non-hydrogen) atoms. The summed E-state index contributed by atoms with van der Waals surface area (Å²) in [7, 11) is 0. The third-order valence-corrected chi connectivity index (χ3v) is 5.08. The van der Waals surface area contributed by atoms with Gasteiger partial charge in [-0.2, -0.15) is 0 Å².